The number of hydrogen-bond acceptors (Lipinski definition) is 4. The molecule has 1 heterocycles. The summed E-state index contributed by atoms with van der Waals surface area (Å²) in [6.45, 7) is 2.75. The van der Waals surface area contributed by atoms with Gasteiger partial charge in [0, 0.05) is 22.8 Å². The highest BCUT2D eigenvalue weighted by Crippen LogP contribution is 2.30. The van der Waals surface area contributed by atoms with Crippen LogP contribution in [-0.4, -0.2) is 35.9 Å². The van der Waals surface area contributed by atoms with Gasteiger partial charge in [-0.3, -0.25) is 0 Å². The van der Waals surface area contributed by atoms with Gasteiger partial charge in [-0.05, 0) is 36.8 Å². The minimum absolute atomic E-state index is 0.190. The van der Waals surface area contributed by atoms with Crippen molar-refractivity contribution in [1.82, 2.24) is 5.32 Å². The third kappa shape index (κ3) is 3.88. The summed E-state index contributed by atoms with van der Waals surface area (Å²) in [5, 5.41) is 13.7. The van der Waals surface area contributed by atoms with Crippen LogP contribution in [0.15, 0.2) is 22.7 Å². The second kappa shape index (κ2) is 6.48. The van der Waals surface area contributed by atoms with E-state index in [0.717, 1.165) is 28.1 Å². The fraction of sp³-hybridized carbons (Fsp3) is 0.571. The molecule has 106 valence electrons. The first kappa shape index (κ1) is 15.2. The SMILES string of the molecule is COc1ccc(C(C)NCC2(O)CCSC2)c(Br)c1. The van der Waals surface area contributed by atoms with Gasteiger partial charge in [-0.25, -0.2) is 0 Å². The van der Waals surface area contributed by atoms with E-state index in [2.05, 4.69) is 28.2 Å². The van der Waals surface area contributed by atoms with Gasteiger partial charge in [-0.15, -0.1) is 0 Å². The fourth-order valence-corrected chi connectivity index (χ4v) is 4.17. The molecule has 2 N–H and O–H groups in total. The van der Waals surface area contributed by atoms with Crippen molar-refractivity contribution in [2.24, 2.45) is 0 Å². The van der Waals surface area contributed by atoms with Gasteiger partial charge in [0.05, 0.1) is 12.7 Å². The van der Waals surface area contributed by atoms with Crippen LogP contribution in [0, 0.1) is 0 Å². The summed E-state index contributed by atoms with van der Waals surface area (Å²) in [6.07, 6.45) is 0.876. The van der Waals surface area contributed by atoms with E-state index in [0.29, 0.717) is 6.54 Å². The molecule has 1 aliphatic rings. The molecule has 0 radical (unpaired) electrons. The molecule has 0 aromatic heterocycles. The molecule has 1 saturated heterocycles. The lowest BCUT2D eigenvalue weighted by molar-refractivity contribution is 0.0651. The molecule has 19 heavy (non-hydrogen) atoms. The predicted molar refractivity (Wildman–Crippen MR) is 84.0 cm³/mol. The van der Waals surface area contributed by atoms with Crippen LogP contribution in [0.5, 0.6) is 5.75 Å². The molecule has 3 nitrogen and oxygen atoms in total. The number of rotatable bonds is 5. The molecule has 0 bridgehead atoms. The highest BCUT2D eigenvalue weighted by atomic mass is 79.9. The van der Waals surface area contributed by atoms with Gasteiger partial charge in [0.25, 0.3) is 0 Å². The minimum atomic E-state index is -0.544. The number of ether oxygens (including phenoxy) is 1. The molecule has 0 amide bonds. The van der Waals surface area contributed by atoms with Gasteiger partial charge in [0.2, 0.25) is 0 Å². The molecule has 0 spiro atoms. The molecule has 0 aliphatic carbocycles. The van der Waals surface area contributed by atoms with Crippen molar-refractivity contribution >= 4 is 27.7 Å². The Morgan fingerprint density at radius 1 is 1.58 bits per heavy atom. The molecule has 1 aliphatic heterocycles. The number of halogens is 1. The number of hydrogen-bond donors (Lipinski definition) is 2. The lowest BCUT2D eigenvalue weighted by atomic mass is 10.0. The quantitative estimate of drug-likeness (QED) is 0.860. The summed E-state index contributed by atoms with van der Waals surface area (Å²) in [6, 6.07) is 6.16. The van der Waals surface area contributed by atoms with Gasteiger partial charge in [-0.1, -0.05) is 22.0 Å². The Bertz CT molecular complexity index is 435. The highest BCUT2D eigenvalue weighted by molar-refractivity contribution is 9.10. The standard InChI is InChI=1S/C14H20BrNO2S/c1-10(16-8-14(17)5-6-19-9-14)12-4-3-11(18-2)7-13(12)15/h3-4,7,10,16-17H,5-6,8-9H2,1-2H3. The van der Waals surface area contributed by atoms with Gasteiger partial charge < -0.3 is 15.2 Å². The lowest BCUT2D eigenvalue weighted by Crippen LogP contribution is -2.41. The third-order valence-corrected chi connectivity index (χ3v) is 5.41. The maximum Gasteiger partial charge on any atom is 0.120 e. The smallest absolute Gasteiger partial charge is 0.120 e. The Hall–Kier alpha value is -0.230. The molecular weight excluding hydrogens is 326 g/mol. The second-order valence-corrected chi connectivity index (χ2v) is 6.98. The normalized spacial score (nSPS) is 24.4. The Morgan fingerprint density at radius 2 is 2.37 bits per heavy atom. The van der Waals surface area contributed by atoms with E-state index in [1.165, 1.54) is 5.56 Å². The zero-order chi connectivity index (χ0) is 13.9. The molecule has 2 unspecified atom stereocenters. The van der Waals surface area contributed by atoms with Crippen LogP contribution in [0.2, 0.25) is 0 Å². The number of nitrogens with one attached hydrogen (secondary N) is 1. The first-order valence-corrected chi connectivity index (χ1v) is 8.36. The summed E-state index contributed by atoms with van der Waals surface area (Å²) in [4.78, 5) is 0. The van der Waals surface area contributed by atoms with Crippen molar-refractivity contribution in [3.05, 3.63) is 28.2 Å². The third-order valence-electron chi connectivity index (χ3n) is 3.49. The van der Waals surface area contributed by atoms with Gasteiger partial charge in [-0.2, -0.15) is 11.8 Å². The average Bonchev–Trinajstić information content (AvgIpc) is 2.83. The van der Waals surface area contributed by atoms with E-state index < -0.39 is 5.60 Å². The van der Waals surface area contributed by atoms with E-state index >= 15 is 0 Å². The number of aliphatic hydroxyl groups is 1. The van der Waals surface area contributed by atoms with Crippen molar-refractivity contribution in [3.8, 4) is 5.75 Å². The van der Waals surface area contributed by atoms with Crippen LogP contribution < -0.4 is 10.1 Å². The molecule has 0 saturated carbocycles. The zero-order valence-electron chi connectivity index (χ0n) is 11.3. The van der Waals surface area contributed by atoms with E-state index in [1.54, 1.807) is 7.11 Å². The van der Waals surface area contributed by atoms with Crippen LogP contribution in [0.4, 0.5) is 0 Å². The van der Waals surface area contributed by atoms with Crippen LogP contribution in [0.1, 0.15) is 24.9 Å². The van der Waals surface area contributed by atoms with Crippen molar-refractivity contribution in [3.63, 3.8) is 0 Å². The summed E-state index contributed by atoms with van der Waals surface area (Å²) < 4.78 is 6.22. The predicted octanol–water partition coefficient (Wildman–Crippen LogP) is 2.98. The van der Waals surface area contributed by atoms with Crippen LogP contribution in [0.3, 0.4) is 0 Å². The van der Waals surface area contributed by atoms with Crippen LogP contribution in [-0.2, 0) is 0 Å². The zero-order valence-corrected chi connectivity index (χ0v) is 13.7. The first-order valence-electron chi connectivity index (χ1n) is 6.41. The van der Waals surface area contributed by atoms with E-state index in [4.69, 9.17) is 4.74 Å². The van der Waals surface area contributed by atoms with Crippen LogP contribution in [0.25, 0.3) is 0 Å². The van der Waals surface area contributed by atoms with Crippen LogP contribution >= 0.6 is 27.7 Å². The Morgan fingerprint density at radius 3 is 2.95 bits per heavy atom. The second-order valence-electron chi connectivity index (χ2n) is 5.02. The molecule has 5 heteroatoms. The molecule has 2 atom stereocenters. The maximum absolute atomic E-state index is 10.3. The van der Waals surface area contributed by atoms with Gasteiger partial charge >= 0.3 is 0 Å². The van der Waals surface area contributed by atoms with Crippen molar-refractivity contribution < 1.29 is 9.84 Å². The summed E-state index contributed by atoms with van der Waals surface area (Å²) in [7, 11) is 1.66. The van der Waals surface area contributed by atoms with E-state index in [-0.39, 0.29) is 6.04 Å². The van der Waals surface area contributed by atoms with Gasteiger partial charge in [0.1, 0.15) is 5.75 Å². The lowest BCUT2D eigenvalue weighted by Gasteiger charge is -2.25. The number of benzene rings is 1. The van der Waals surface area contributed by atoms with Crippen molar-refractivity contribution in [2.45, 2.75) is 25.0 Å². The molecule has 1 aromatic carbocycles. The largest absolute Gasteiger partial charge is 0.497 e. The number of methoxy groups -OCH3 is 1. The summed E-state index contributed by atoms with van der Waals surface area (Å²) >= 11 is 5.39. The maximum atomic E-state index is 10.3. The Labute approximate surface area is 127 Å². The molecular formula is C14H20BrNO2S. The molecule has 1 fully saturated rings. The summed E-state index contributed by atoms with van der Waals surface area (Å²) in [5.74, 6) is 2.73. The van der Waals surface area contributed by atoms with Gasteiger partial charge in [0.15, 0.2) is 0 Å². The number of thioether (sulfide) groups is 1. The molecule has 2 rings (SSSR count). The van der Waals surface area contributed by atoms with E-state index in [1.807, 2.05) is 30.0 Å². The Kier molecular flexibility index (Phi) is 5.17. The first-order chi connectivity index (χ1) is 9.04. The fourth-order valence-electron chi connectivity index (χ4n) is 2.17. The topological polar surface area (TPSA) is 41.5 Å². The highest BCUT2D eigenvalue weighted by Gasteiger charge is 2.31. The van der Waals surface area contributed by atoms with E-state index in [9.17, 15) is 5.11 Å². The minimum Gasteiger partial charge on any atom is -0.497 e. The molecule has 1 aromatic rings. The van der Waals surface area contributed by atoms with Crippen molar-refractivity contribution in [1.29, 1.82) is 0 Å². The van der Waals surface area contributed by atoms with Crippen molar-refractivity contribution in [2.75, 3.05) is 25.2 Å². The monoisotopic (exact) mass is 345 g/mol. The summed E-state index contributed by atoms with van der Waals surface area (Å²) in [5.41, 5.74) is 0.632. The Balaban J connectivity index is 1.97. The average molecular weight is 346 g/mol.